The Bertz CT molecular complexity index is 1240. The van der Waals surface area contributed by atoms with E-state index in [1.165, 1.54) is 5.06 Å². The molecule has 0 spiro atoms. The standard InChI is InChI=1S/C32H37N3O4.3H2/c1-3-5-7-15-30(21-35(24-36)39-22-26-12-8-6-9-13-26)32(38)34-23-33-31(37)29-18-11-17-28(20-29)27-16-10-14-25(4-2)19-27;;;/h4,6,8-14,16-20,24,30H,2-3,5,7,15,21-23H2,1H3,(H,33,37)(H,34,38);3*1H/t30-;;;/m1.../s1. The minimum Gasteiger partial charge on any atom is -0.338 e. The van der Waals surface area contributed by atoms with E-state index >= 15 is 0 Å². The highest BCUT2D eigenvalue weighted by Crippen LogP contribution is 2.22. The summed E-state index contributed by atoms with van der Waals surface area (Å²) in [5.74, 6) is -0.994. The molecule has 0 unspecified atom stereocenters. The molecule has 7 nitrogen and oxygen atoms in total. The van der Waals surface area contributed by atoms with Crippen LogP contribution < -0.4 is 10.6 Å². The number of nitrogens with zero attached hydrogens (tertiary/aromatic N) is 1. The van der Waals surface area contributed by atoms with E-state index in [1.807, 2.05) is 72.8 Å². The van der Waals surface area contributed by atoms with Crippen LogP contribution in [0.3, 0.4) is 0 Å². The Morgan fingerprint density at radius 3 is 2.44 bits per heavy atom. The summed E-state index contributed by atoms with van der Waals surface area (Å²) in [5.41, 5.74) is 4.32. The van der Waals surface area contributed by atoms with Gasteiger partial charge in [0.2, 0.25) is 12.3 Å². The summed E-state index contributed by atoms with van der Waals surface area (Å²) in [6.07, 6.45) is 5.84. The van der Waals surface area contributed by atoms with Crippen molar-refractivity contribution in [2.75, 3.05) is 13.2 Å². The second kappa shape index (κ2) is 15.9. The molecule has 3 rings (SSSR count). The molecule has 0 aliphatic carbocycles. The van der Waals surface area contributed by atoms with Crippen molar-refractivity contribution in [3.63, 3.8) is 0 Å². The molecule has 3 aromatic rings. The maximum absolute atomic E-state index is 13.0. The molecule has 3 amide bonds. The number of hydrogen-bond donors (Lipinski definition) is 2. The molecule has 0 aliphatic rings. The summed E-state index contributed by atoms with van der Waals surface area (Å²) < 4.78 is 0. The number of unbranched alkanes of at least 4 members (excludes halogenated alkanes) is 2. The first-order valence-electron chi connectivity index (χ1n) is 13.3. The van der Waals surface area contributed by atoms with Gasteiger partial charge in [0.25, 0.3) is 5.91 Å². The zero-order chi connectivity index (χ0) is 27.9. The van der Waals surface area contributed by atoms with E-state index in [2.05, 4.69) is 24.1 Å². The minimum atomic E-state index is -0.463. The largest absolute Gasteiger partial charge is 0.338 e. The topological polar surface area (TPSA) is 87.7 Å². The molecule has 0 bridgehead atoms. The molecule has 0 saturated carbocycles. The van der Waals surface area contributed by atoms with Gasteiger partial charge >= 0.3 is 0 Å². The van der Waals surface area contributed by atoms with Crippen LogP contribution in [0.25, 0.3) is 17.2 Å². The lowest BCUT2D eigenvalue weighted by molar-refractivity contribution is -0.182. The highest BCUT2D eigenvalue weighted by Gasteiger charge is 2.22. The van der Waals surface area contributed by atoms with Crippen molar-refractivity contribution in [3.05, 3.63) is 102 Å². The smallest absolute Gasteiger partial charge is 0.252 e. The van der Waals surface area contributed by atoms with Crippen LogP contribution in [0.2, 0.25) is 0 Å². The van der Waals surface area contributed by atoms with Crippen LogP contribution in [0.1, 0.15) is 58.4 Å². The fourth-order valence-corrected chi connectivity index (χ4v) is 4.16. The van der Waals surface area contributed by atoms with Gasteiger partial charge in [-0.2, -0.15) is 0 Å². The lowest BCUT2D eigenvalue weighted by atomic mass is 10.00. The zero-order valence-corrected chi connectivity index (χ0v) is 22.5. The van der Waals surface area contributed by atoms with E-state index in [0.29, 0.717) is 18.4 Å². The van der Waals surface area contributed by atoms with Crippen molar-refractivity contribution >= 4 is 24.3 Å². The third-order valence-electron chi connectivity index (χ3n) is 6.38. The number of hydroxylamine groups is 2. The average molecular weight is 534 g/mol. The second-order valence-corrected chi connectivity index (χ2v) is 9.29. The first-order chi connectivity index (χ1) is 19.0. The van der Waals surface area contributed by atoms with Gasteiger partial charge < -0.3 is 10.6 Å². The molecular weight excluding hydrogens is 490 g/mol. The third-order valence-corrected chi connectivity index (χ3v) is 6.38. The van der Waals surface area contributed by atoms with Crippen molar-refractivity contribution in [1.82, 2.24) is 15.7 Å². The van der Waals surface area contributed by atoms with E-state index in [-0.39, 0.29) is 35.9 Å². The molecule has 0 fully saturated rings. The molecule has 2 N–H and O–H groups in total. The van der Waals surface area contributed by atoms with Gasteiger partial charge in [-0.05, 0) is 46.9 Å². The highest BCUT2D eigenvalue weighted by atomic mass is 16.7. The normalized spacial score (nSPS) is 11.3. The van der Waals surface area contributed by atoms with Crippen LogP contribution in [0.4, 0.5) is 0 Å². The SMILES string of the molecule is C=Cc1cccc(-c2cccc(C(=O)NCNC(=O)[C@H](CCCCC)CN(C=O)OCc3ccccc3)c2)c1.[HH].[HH].[HH]. The highest BCUT2D eigenvalue weighted by molar-refractivity contribution is 5.95. The van der Waals surface area contributed by atoms with Crippen LogP contribution in [-0.4, -0.2) is 36.5 Å². The van der Waals surface area contributed by atoms with E-state index in [9.17, 15) is 14.4 Å². The number of amides is 3. The minimum absolute atomic E-state index is 0. The first-order valence-corrected chi connectivity index (χ1v) is 13.3. The second-order valence-electron chi connectivity index (χ2n) is 9.29. The van der Waals surface area contributed by atoms with Gasteiger partial charge in [-0.3, -0.25) is 19.2 Å². The Morgan fingerprint density at radius 2 is 1.72 bits per heavy atom. The van der Waals surface area contributed by atoms with Crippen LogP contribution >= 0.6 is 0 Å². The van der Waals surface area contributed by atoms with E-state index in [4.69, 9.17) is 4.84 Å². The molecule has 210 valence electrons. The summed E-state index contributed by atoms with van der Waals surface area (Å²) in [5, 5.41) is 6.74. The van der Waals surface area contributed by atoms with Crippen LogP contribution in [-0.2, 0) is 21.0 Å². The van der Waals surface area contributed by atoms with Crippen LogP contribution in [0.15, 0.2) is 85.4 Å². The predicted molar refractivity (Wildman–Crippen MR) is 160 cm³/mol. The van der Waals surface area contributed by atoms with Gasteiger partial charge in [0.15, 0.2) is 0 Å². The predicted octanol–water partition coefficient (Wildman–Crippen LogP) is 6.32. The van der Waals surface area contributed by atoms with Crippen LogP contribution in [0, 0.1) is 5.92 Å². The third kappa shape index (κ3) is 9.54. The molecule has 0 aromatic heterocycles. The first kappa shape index (κ1) is 29.3. The summed E-state index contributed by atoms with van der Waals surface area (Å²) >= 11 is 0. The fraction of sp³-hybridized carbons (Fsp3) is 0.281. The number of carbonyl (C=O) groups is 3. The molecule has 0 heterocycles. The Balaban J connectivity index is 0.00000560. The number of benzene rings is 3. The summed E-state index contributed by atoms with van der Waals surface area (Å²) in [7, 11) is 0. The molecule has 39 heavy (non-hydrogen) atoms. The van der Waals surface area contributed by atoms with Crippen LogP contribution in [0.5, 0.6) is 0 Å². The van der Waals surface area contributed by atoms with Gasteiger partial charge in [-0.25, -0.2) is 5.06 Å². The molecule has 0 aliphatic heterocycles. The average Bonchev–Trinajstić information content (AvgIpc) is 2.98. The monoisotopic (exact) mass is 533 g/mol. The van der Waals surface area contributed by atoms with Gasteiger partial charge in [0, 0.05) is 9.84 Å². The van der Waals surface area contributed by atoms with E-state index in [1.54, 1.807) is 12.1 Å². The van der Waals surface area contributed by atoms with E-state index < -0.39 is 5.92 Å². The summed E-state index contributed by atoms with van der Waals surface area (Å²) in [4.78, 5) is 43.1. The Morgan fingerprint density at radius 1 is 0.974 bits per heavy atom. The molecule has 7 heteroatoms. The number of hydrogen-bond acceptors (Lipinski definition) is 4. The summed E-state index contributed by atoms with van der Waals surface area (Å²) in [6.45, 7) is 6.24. The maximum atomic E-state index is 13.0. The van der Waals surface area contributed by atoms with Crippen molar-refractivity contribution in [1.29, 1.82) is 0 Å². The number of carbonyl (C=O) groups excluding carboxylic acids is 3. The fourth-order valence-electron chi connectivity index (χ4n) is 4.16. The van der Waals surface area contributed by atoms with E-state index in [0.717, 1.165) is 41.5 Å². The molecular formula is C32H43N3O4. The molecule has 0 saturated heterocycles. The molecule has 0 radical (unpaired) electrons. The van der Waals surface area contributed by atoms with Gasteiger partial charge in [-0.15, -0.1) is 0 Å². The lowest BCUT2D eigenvalue weighted by Gasteiger charge is -2.23. The molecule has 3 aromatic carbocycles. The summed E-state index contributed by atoms with van der Waals surface area (Å²) in [6, 6.07) is 24.8. The van der Waals surface area contributed by atoms with Crippen molar-refractivity contribution in [2.45, 2.75) is 39.2 Å². The van der Waals surface area contributed by atoms with Gasteiger partial charge in [0.05, 0.1) is 19.1 Å². The van der Waals surface area contributed by atoms with Crippen molar-refractivity contribution in [2.24, 2.45) is 5.92 Å². The van der Waals surface area contributed by atoms with Gasteiger partial charge in [-0.1, -0.05) is 99.5 Å². The lowest BCUT2D eigenvalue weighted by Crippen LogP contribution is -2.43. The maximum Gasteiger partial charge on any atom is 0.252 e. The number of rotatable bonds is 16. The van der Waals surface area contributed by atoms with Crippen molar-refractivity contribution in [3.8, 4) is 11.1 Å². The Kier molecular flexibility index (Phi) is 12.0. The Labute approximate surface area is 235 Å². The van der Waals surface area contributed by atoms with Crippen molar-refractivity contribution < 1.29 is 23.5 Å². The Hall–Kier alpha value is -4.23. The zero-order valence-electron chi connectivity index (χ0n) is 22.5. The molecule has 1 atom stereocenters. The quantitative estimate of drug-likeness (QED) is 0.0975. The number of nitrogens with one attached hydrogen (secondary N) is 2. The van der Waals surface area contributed by atoms with Gasteiger partial charge in [0.1, 0.15) is 6.61 Å².